The van der Waals surface area contributed by atoms with Gasteiger partial charge in [-0.25, -0.2) is 0 Å². The lowest BCUT2D eigenvalue weighted by atomic mass is 9.99. The lowest BCUT2D eigenvalue weighted by Crippen LogP contribution is -2.47. The molecular weight excluding hydrogens is 374 g/mol. The second kappa shape index (κ2) is 8.12. The molecule has 28 heavy (non-hydrogen) atoms. The van der Waals surface area contributed by atoms with Gasteiger partial charge in [0.15, 0.2) is 0 Å². The maximum absolute atomic E-state index is 13.0. The van der Waals surface area contributed by atoms with Crippen LogP contribution >= 0.6 is 0 Å². The molecule has 0 aliphatic carbocycles. The zero-order valence-corrected chi connectivity index (χ0v) is 15.4. The number of alkyl halides is 2. The quantitative estimate of drug-likeness (QED) is 0.823. The van der Waals surface area contributed by atoms with Crippen LogP contribution in [0.3, 0.4) is 0 Å². The van der Waals surface area contributed by atoms with E-state index in [0.717, 1.165) is 0 Å². The first kappa shape index (κ1) is 20.0. The molecule has 2 aliphatic heterocycles. The number of hydrogen-bond acceptors (Lipinski definition) is 4. The molecule has 0 bridgehead atoms. The monoisotopic (exact) mass is 396 g/mol. The maximum atomic E-state index is 13.0. The van der Waals surface area contributed by atoms with Gasteiger partial charge in [0.2, 0.25) is 5.91 Å². The summed E-state index contributed by atoms with van der Waals surface area (Å²) in [5.74, 6) is -2.83. The summed E-state index contributed by atoms with van der Waals surface area (Å²) in [5, 5.41) is 9.26. The van der Waals surface area contributed by atoms with E-state index < -0.39 is 30.4 Å². The number of nitrogens with zero attached hydrogens (tertiary/aromatic N) is 2. The molecule has 2 fully saturated rings. The number of benzene rings is 1. The smallest absolute Gasteiger partial charge is 0.387 e. The Hall–Kier alpha value is -2.71. The molecule has 2 saturated heterocycles. The van der Waals surface area contributed by atoms with Crippen molar-refractivity contribution in [3.05, 3.63) is 29.8 Å². The van der Waals surface area contributed by atoms with Gasteiger partial charge in [0.1, 0.15) is 11.8 Å². The molecular formula is C19H22F2N2O5. The van der Waals surface area contributed by atoms with Crippen LogP contribution < -0.4 is 4.74 Å². The van der Waals surface area contributed by atoms with Gasteiger partial charge in [0, 0.05) is 19.6 Å². The lowest BCUT2D eigenvalue weighted by molar-refractivity contribution is -0.142. The van der Waals surface area contributed by atoms with Crippen LogP contribution in [0.15, 0.2) is 24.3 Å². The molecule has 3 rings (SSSR count). The fourth-order valence-electron chi connectivity index (χ4n) is 3.94. The highest BCUT2D eigenvalue weighted by Crippen LogP contribution is 2.30. The number of ether oxygens (including phenoxy) is 1. The fourth-order valence-corrected chi connectivity index (χ4v) is 3.94. The van der Waals surface area contributed by atoms with E-state index in [9.17, 15) is 28.3 Å². The van der Waals surface area contributed by atoms with E-state index in [0.29, 0.717) is 25.9 Å². The highest BCUT2D eigenvalue weighted by molar-refractivity contribution is 6.00. The highest BCUT2D eigenvalue weighted by atomic mass is 19.3. The van der Waals surface area contributed by atoms with E-state index in [4.69, 9.17) is 0 Å². The van der Waals surface area contributed by atoms with Crippen molar-refractivity contribution >= 4 is 17.8 Å². The topological polar surface area (TPSA) is 87.2 Å². The third kappa shape index (κ3) is 3.93. The minimum Gasteiger partial charge on any atom is -0.481 e. The van der Waals surface area contributed by atoms with Crippen molar-refractivity contribution in [3.63, 3.8) is 0 Å². The summed E-state index contributed by atoms with van der Waals surface area (Å²) in [7, 11) is 0. The SMILES string of the molecule is C[C@@H]1CN(C(=O)C2CCCN2C(=O)c2ccccc2OC(F)F)C[C@H]1C(=O)O. The van der Waals surface area contributed by atoms with Crippen molar-refractivity contribution in [2.24, 2.45) is 11.8 Å². The number of likely N-dealkylation sites (tertiary alicyclic amines) is 2. The summed E-state index contributed by atoms with van der Waals surface area (Å²) in [6.45, 7) is -0.534. The first-order chi connectivity index (χ1) is 13.3. The third-order valence-electron chi connectivity index (χ3n) is 5.37. The Morgan fingerprint density at radius 1 is 1.21 bits per heavy atom. The minimum atomic E-state index is -3.07. The molecule has 152 valence electrons. The number of carboxylic acids is 1. The molecule has 2 amide bonds. The van der Waals surface area contributed by atoms with E-state index in [1.54, 1.807) is 6.92 Å². The summed E-state index contributed by atoms with van der Waals surface area (Å²) in [5.41, 5.74) is -0.0271. The second-order valence-corrected chi connectivity index (χ2v) is 7.20. The van der Waals surface area contributed by atoms with E-state index in [2.05, 4.69) is 4.74 Å². The van der Waals surface area contributed by atoms with Gasteiger partial charge in [-0.3, -0.25) is 14.4 Å². The molecule has 1 unspecified atom stereocenters. The summed E-state index contributed by atoms with van der Waals surface area (Å²) >= 11 is 0. The molecule has 0 radical (unpaired) electrons. The Morgan fingerprint density at radius 2 is 1.93 bits per heavy atom. The van der Waals surface area contributed by atoms with Crippen molar-refractivity contribution in [1.29, 1.82) is 0 Å². The van der Waals surface area contributed by atoms with Crippen LogP contribution in [-0.4, -0.2) is 65.0 Å². The minimum absolute atomic E-state index is 0.0271. The zero-order chi connectivity index (χ0) is 20.4. The van der Waals surface area contributed by atoms with Gasteiger partial charge in [0.05, 0.1) is 11.5 Å². The number of para-hydroxylation sites is 1. The van der Waals surface area contributed by atoms with Crippen LogP contribution in [0.5, 0.6) is 5.75 Å². The van der Waals surface area contributed by atoms with Crippen molar-refractivity contribution in [2.45, 2.75) is 32.4 Å². The van der Waals surface area contributed by atoms with Crippen molar-refractivity contribution < 1.29 is 33.0 Å². The van der Waals surface area contributed by atoms with Crippen molar-refractivity contribution in [2.75, 3.05) is 19.6 Å². The van der Waals surface area contributed by atoms with Crippen LogP contribution in [0.4, 0.5) is 8.78 Å². The lowest BCUT2D eigenvalue weighted by Gasteiger charge is -2.28. The number of halogens is 2. The Morgan fingerprint density at radius 3 is 2.57 bits per heavy atom. The van der Waals surface area contributed by atoms with Crippen LogP contribution in [0.25, 0.3) is 0 Å². The second-order valence-electron chi connectivity index (χ2n) is 7.20. The molecule has 1 N–H and O–H groups in total. The van der Waals surface area contributed by atoms with E-state index in [1.807, 2.05) is 0 Å². The molecule has 2 heterocycles. The molecule has 9 heteroatoms. The summed E-state index contributed by atoms with van der Waals surface area (Å²) in [4.78, 5) is 40.1. The maximum Gasteiger partial charge on any atom is 0.387 e. The first-order valence-corrected chi connectivity index (χ1v) is 9.16. The fraction of sp³-hybridized carbons (Fsp3) is 0.526. The van der Waals surface area contributed by atoms with Crippen LogP contribution in [0.1, 0.15) is 30.1 Å². The number of amides is 2. The molecule has 3 atom stereocenters. The third-order valence-corrected chi connectivity index (χ3v) is 5.37. The van der Waals surface area contributed by atoms with Crippen molar-refractivity contribution in [3.8, 4) is 5.75 Å². The van der Waals surface area contributed by atoms with Crippen LogP contribution in [0, 0.1) is 11.8 Å². The average molecular weight is 396 g/mol. The highest BCUT2D eigenvalue weighted by Gasteiger charge is 2.43. The molecule has 0 spiro atoms. The molecule has 0 saturated carbocycles. The Kier molecular flexibility index (Phi) is 5.81. The zero-order valence-electron chi connectivity index (χ0n) is 15.4. The molecule has 7 nitrogen and oxygen atoms in total. The average Bonchev–Trinajstić information content (AvgIpc) is 3.27. The largest absolute Gasteiger partial charge is 0.481 e. The summed E-state index contributed by atoms with van der Waals surface area (Å²) in [6, 6.07) is 4.97. The van der Waals surface area contributed by atoms with E-state index >= 15 is 0 Å². The van der Waals surface area contributed by atoms with E-state index in [1.165, 1.54) is 34.1 Å². The molecule has 1 aromatic rings. The molecule has 1 aromatic carbocycles. The Balaban J connectivity index is 1.77. The van der Waals surface area contributed by atoms with Crippen molar-refractivity contribution in [1.82, 2.24) is 9.80 Å². The normalized spacial score (nSPS) is 24.6. The predicted octanol–water partition coefficient (Wildman–Crippen LogP) is 2.07. The van der Waals surface area contributed by atoms with Crippen LogP contribution in [-0.2, 0) is 9.59 Å². The Bertz CT molecular complexity index is 772. The number of carboxylic acid groups (broad SMARTS) is 1. The summed E-state index contributed by atoms with van der Waals surface area (Å²) < 4.78 is 29.7. The summed E-state index contributed by atoms with van der Waals surface area (Å²) in [6.07, 6.45) is 1.05. The van der Waals surface area contributed by atoms with Gasteiger partial charge in [-0.1, -0.05) is 19.1 Å². The number of hydrogen-bond donors (Lipinski definition) is 1. The van der Waals surface area contributed by atoms with Gasteiger partial charge in [-0.2, -0.15) is 8.78 Å². The number of rotatable bonds is 5. The number of carbonyl (C=O) groups excluding carboxylic acids is 2. The predicted molar refractivity (Wildman–Crippen MR) is 94.0 cm³/mol. The number of aliphatic carboxylic acids is 1. The van der Waals surface area contributed by atoms with Gasteiger partial charge < -0.3 is 19.6 Å². The van der Waals surface area contributed by atoms with E-state index in [-0.39, 0.29) is 29.7 Å². The first-order valence-electron chi connectivity index (χ1n) is 9.16. The number of carbonyl (C=O) groups is 3. The standard InChI is InChI=1S/C19H22F2N2O5/c1-11-9-22(10-13(11)18(26)27)17(25)14-6-4-8-23(14)16(24)12-5-2-3-7-15(12)28-19(20)21/h2-3,5,7,11,13-14,19H,4,6,8-10H2,1H3,(H,26,27)/t11-,13-,14?/m1/s1. The van der Waals surface area contributed by atoms with Crippen LogP contribution in [0.2, 0.25) is 0 Å². The Labute approximate surface area is 160 Å². The van der Waals surface area contributed by atoms with Gasteiger partial charge in [-0.15, -0.1) is 0 Å². The molecule has 2 aliphatic rings. The molecule has 0 aromatic heterocycles. The van der Waals surface area contributed by atoms with Gasteiger partial charge >= 0.3 is 12.6 Å². The van der Waals surface area contributed by atoms with Gasteiger partial charge in [0.25, 0.3) is 5.91 Å². The van der Waals surface area contributed by atoms with Gasteiger partial charge in [-0.05, 0) is 30.9 Å².